The van der Waals surface area contributed by atoms with E-state index in [4.69, 9.17) is 20.8 Å². The monoisotopic (exact) mass is 809 g/mol. The van der Waals surface area contributed by atoms with Gasteiger partial charge in [0, 0.05) is 11.5 Å². The number of rotatable bonds is 5. The number of phenolic OH excluding ortho intramolecular Hbond substituents is 1. The Morgan fingerprint density at radius 1 is 0.944 bits per heavy atom. The summed E-state index contributed by atoms with van der Waals surface area (Å²) >= 11 is 9.54. The average molecular weight is 811 g/mol. The highest BCUT2D eigenvalue weighted by Gasteiger charge is 2.67. The fourth-order valence-electron chi connectivity index (χ4n) is 9.18. The average Bonchev–Trinajstić information content (AvgIpc) is 3.77. The lowest BCUT2D eigenvalue weighted by atomic mass is 9.51. The number of oxazole rings is 1. The molecule has 0 unspecified atom stereocenters. The van der Waals surface area contributed by atoms with Crippen LogP contribution in [0, 0.1) is 34.9 Å². The van der Waals surface area contributed by atoms with Crippen molar-refractivity contribution in [3.05, 3.63) is 111 Å². The molecule has 0 radical (unpaired) electrons. The van der Waals surface area contributed by atoms with E-state index < -0.39 is 52.6 Å². The Bertz CT molecular complexity index is 2470. The standard InChI is InChI=1S/C41H30BrClFN3O7/c1-41-26(38(50)47(40(41)52)22-11-14-29(44)28(43)17-22)18-25-23(34(41)20-15-27(42)35(48)32(16-20)53-2)12-13-24-33(25)39(51)46(37(24)49)21-9-7-19(8-10-21)36-45-30-5-3-4-6-31(30)54-36/h3-12,14-17,24-26,33-34,48H,13,18H2,1-2H3/t24-,25+,26-,33-,34-,41+/m0/s1. The van der Waals surface area contributed by atoms with Crippen LogP contribution in [0.15, 0.2) is 99.4 Å². The molecule has 2 aliphatic heterocycles. The molecule has 5 aromatic rings. The number of para-hydroxylation sites is 2. The highest BCUT2D eigenvalue weighted by molar-refractivity contribution is 9.10. The van der Waals surface area contributed by atoms with E-state index in [0.29, 0.717) is 38.3 Å². The number of benzene rings is 4. The SMILES string of the molecule is COc1cc([C@H]2C3=CC[C@@H]4C(=O)N(c5ccc(-c6nc7ccccc7o6)cc5)C(=O)[C@@H]4[C@@H]3C[C@H]3C(=O)N(c4ccc(F)c(Cl)c4)C(=O)[C@@]23C)cc(Br)c1O. The molecule has 10 nitrogen and oxygen atoms in total. The molecule has 4 aliphatic rings. The number of methoxy groups -OCH3 is 1. The van der Waals surface area contributed by atoms with Crippen molar-refractivity contribution in [3.63, 3.8) is 0 Å². The number of amides is 4. The van der Waals surface area contributed by atoms with Gasteiger partial charge in [-0.3, -0.25) is 24.1 Å². The minimum absolute atomic E-state index is 0.121. The Kier molecular flexibility index (Phi) is 7.88. The van der Waals surface area contributed by atoms with Gasteiger partial charge >= 0.3 is 0 Å². The number of aromatic hydroxyl groups is 1. The molecular weight excluding hydrogens is 781 g/mol. The second-order valence-corrected chi connectivity index (χ2v) is 15.6. The number of allylic oxidation sites excluding steroid dienone is 2. The van der Waals surface area contributed by atoms with Crippen molar-refractivity contribution < 1.29 is 37.8 Å². The second kappa shape index (κ2) is 12.4. The molecule has 0 spiro atoms. The van der Waals surface area contributed by atoms with Crippen molar-refractivity contribution in [2.24, 2.45) is 29.1 Å². The molecule has 1 N–H and O–H groups in total. The van der Waals surface area contributed by atoms with E-state index in [9.17, 15) is 28.7 Å². The zero-order valence-corrected chi connectivity index (χ0v) is 31.1. The lowest BCUT2D eigenvalue weighted by Crippen LogP contribution is -2.48. The fourth-order valence-corrected chi connectivity index (χ4v) is 9.82. The third kappa shape index (κ3) is 4.85. The van der Waals surface area contributed by atoms with Gasteiger partial charge in [-0.2, -0.15) is 0 Å². The van der Waals surface area contributed by atoms with Crippen LogP contribution in [-0.2, 0) is 19.2 Å². The van der Waals surface area contributed by atoms with Gasteiger partial charge in [-0.1, -0.05) is 35.4 Å². The lowest BCUT2D eigenvalue weighted by Gasteiger charge is -2.49. The number of halogens is 3. The quantitative estimate of drug-likeness (QED) is 0.139. The Hall–Kier alpha value is -5.33. The van der Waals surface area contributed by atoms with Crippen LogP contribution in [0.5, 0.6) is 11.5 Å². The molecule has 9 rings (SSSR count). The number of hydrogen-bond donors (Lipinski definition) is 1. The number of aromatic nitrogens is 1. The maximum absolute atomic E-state index is 14.7. The van der Waals surface area contributed by atoms with Crippen molar-refractivity contribution in [1.82, 2.24) is 4.98 Å². The molecule has 2 saturated heterocycles. The highest BCUT2D eigenvalue weighted by atomic mass is 79.9. The minimum atomic E-state index is -1.37. The number of fused-ring (bicyclic) bond motifs is 5. The summed E-state index contributed by atoms with van der Waals surface area (Å²) < 4.78 is 25.9. The number of ether oxygens (including phenoxy) is 1. The van der Waals surface area contributed by atoms with E-state index in [2.05, 4.69) is 20.9 Å². The lowest BCUT2D eigenvalue weighted by molar-refractivity contribution is -0.131. The zero-order valence-electron chi connectivity index (χ0n) is 28.8. The summed E-state index contributed by atoms with van der Waals surface area (Å²) in [5, 5.41) is 10.5. The van der Waals surface area contributed by atoms with Crippen molar-refractivity contribution in [2.75, 3.05) is 16.9 Å². The molecule has 54 heavy (non-hydrogen) atoms. The number of imide groups is 2. The Morgan fingerprint density at radius 2 is 1.69 bits per heavy atom. The van der Waals surface area contributed by atoms with Crippen LogP contribution in [0.25, 0.3) is 22.6 Å². The summed E-state index contributed by atoms with van der Waals surface area (Å²) in [5.74, 6) is -5.80. The van der Waals surface area contributed by atoms with Crippen LogP contribution in [0.2, 0.25) is 5.02 Å². The van der Waals surface area contributed by atoms with E-state index in [0.717, 1.165) is 16.5 Å². The molecule has 4 aromatic carbocycles. The van der Waals surface area contributed by atoms with E-state index in [1.807, 2.05) is 30.3 Å². The molecular formula is C41H30BrClFN3O7. The number of anilines is 2. The van der Waals surface area contributed by atoms with Gasteiger partial charge < -0.3 is 14.3 Å². The summed E-state index contributed by atoms with van der Waals surface area (Å²) in [7, 11) is 1.41. The summed E-state index contributed by atoms with van der Waals surface area (Å²) in [4.78, 5) is 64.7. The van der Waals surface area contributed by atoms with Crippen molar-refractivity contribution in [2.45, 2.75) is 25.7 Å². The molecule has 4 amide bonds. The van der Waals surface area contributed by atoms with Crippen LogP contribution in [0.4, 0.5) is 15.8 Å². The van der Waals surface area contributed by atoms with Crippen LogP contribution in [0.3, 0.4) is 0 Å². The van der Waals surface area contributed by atoms with Gasteiger partial charge in [-0.05, 0) is 114 Å². The Labute approximate surface area is 321 Å². The number of carbonyl (C=O) groups is 4. The molecule has 3 heterocycles. The largest absolute Gasteiger partial charge is 0.503 e. The van der Waals surface area contributed by atoms with Gasteiger partial charge in [0.15, 0.2) is 17.1 Å². The topological polar surface area (TPSA) is 130 Å². The summed E-state index contributed by atoms with van der Waals surface area (Å²) in [6, 6.07) is 21.3. The third-order valence-electron chi connectivity index (χ3n) is 11.7. The van der Waals surface area contributed by atoms with Gasteiger partial charge in [0.05, 0.1) is 51.1 Å². The van der Waals surface area contributed by atoms with Gasteiger partial charge in [-0.25, -0.2) is 14.3 Å². The first kappa shape index (κ1) is 34.4. The molecule has 13 heteroatoms. The maximum atomic E-state index is 14.7. The van der Waals surface area contributed by atoms with Gasteiger partial charge in [-0.15, -0.1) is 0 Å². The predicted molar refractivity (Wildman–Crippen MR) is 200 cm³/mol. The van der Waals surface area contributed by atoms with Crippen LogP contribution in [-0.4, -0.2) is 40.8 Å². The van der Waals surface area contributed by atoms with Gasteiger partial charge in [0.2, 0.25) is 29.5 Å². The smallest absolute Gasteiger partial charge is 0.241 e. The third-order valence-corrected chi connectivity index (χ3v) is 12.6. The fraction of sp³-hybridized carbons (Fsp3) is 0.244. The Balaban J connectivity index is 1.12. The summed E-state index contributed by atoms with van der Waals surface area (Å²) in [6.07, 6.45) is 2.30. The normalized spacial score (nSPS) is 26.2. The molecule has 1 saturated carbocycles. The van der Waals surface area contributed by atoms with E-state index in [1.54, 1.807) is 43.3 Å². The number of nitrogens with zero attached hydrogens (tertiary/aromatic N) is 3. The molecule has 0 bridgehead atoms. The van der Waals surface area contributed by atoms with Crippen LogP contribution < -0.4 is 14.5 Å². The first-order valence-electron chi connectivity index (χ1n) is 17.4. The first-order chi connectivity index (χ1) is 25.9. The minimum Gasteiger partial charge on any atom is -0.503 e. The van der Waals surface area contributed by atoms with Gasteiger partial charge in [0.1, 0.15) is 11.3 Å². The number of hydrogen-bond acceptors (Lipinski definition) is 8. The molecule has 6 atom stereocenters. The van der Waals surface area contributed by atoms with Crippen molar-refractivity contribution in [3.8, 4) is 23.0 Å². The second-order valence-electron chi connectivity index (χ2n) is 14.4. The van der Waals surface area contributed by atoms with Crippen molar-refractivity contribution >= 4 is 73.6 Å². The number of phenols is 1. The first-order valence-corrected chi connectivity index (χ1v) is 18.5. The molecule has 3 fully saturated rings. The van der Waals surface area contributed by atoms with E-state index >= 15 is 0 Å². The van der Waals surface area contributed by atoms with E-state index in [1.165, 1.54) is 24.1 Å². The van der Waals surface area contributed by atoms with Crippen LogP contribution >= 0.6 is 27.5 Å². The molecule has 272 valence electrons. The predicted octanol–water partition coefficient (Wildman–Crippen LogP) is 8.20. The highest BCUT2D eigenvalue weighted by Crippen LogP contribution is 2.64. The summed E-state index contributed by atoms with van der Waals surface area (Å²) in [6.45, 7) is 1.73. The van der Waals surface area contributed by atoms with Crippen LogP contribution in [0.1, 0.15) is 31.2 Å². The van der Waals surface area contributed by atoms with Gasteiger partial charge in [0.25, 0.3) is 0 Å². The Morgan fingerprint density at radius 3 is 2.41 bits per heavy atom. The summed E-state index contributed by atoms with van der Waals surface area (Å²) in [5.41, 5.74) is 2.51. The number of carbonyl (C=O) groups excluding carboxylic acids is 4. The zero-order chi connectivity index (χ0) is 37.8. The van der Waals surface area contributed by atoms with E-state index in [-0.39, 0.29) is 46.9 Å². The van der Waals surface area contributed by atoms with Crippen molar-refractivity contribution in [1.29, 1.82) is 0 Å². The molecule has 2 aliphatic carbocycles. The maximum Gasteiger partial charge on any atom is 0.241 e. The molecule has 1 aromatic heterocycles.